The third-order valence-corrected chi connectivity index (χ3v) is 4.25. The lowest BCUT2D eigenvalue weighted by Gasteiger charge is -2.24. The molecule has 0 bridgehead atoms. The first-order chi connectivity index (χ1) is 8.92. The first kappa shape index (κ1) is 11.9. The van der Waals surface area contributed by atoms with Crippen LogP contribution in [-0.4, -0.2) is 29.6 Å². The number of hydrogen-bond acceptors (Lipinski definition) is 4. The second-order valence-corrected chi connectivity index (χ2v) is 5.54. The second-order valence-electron chi connectivity index (χ2n) is 5.54. The summed E-state index contributed by atoms with van der Waals surface area (Å²) in [6, 6.07) is 0. The SMILES string of the molecule is c1nc(NCCC2CCNC2)ncc1C1CCC1. The van der Waals surface area contributed by atoms with E-state index in [-0.39, 0.29) is 0 Å². The first-order valence-electron chi connectivity index (χ1n) is 7.18. The van der Waals surface area contributed by atoms with Crippen LogP contribution >= 0.6 is 0 Å². The Morgan fingerprint density at radius 1 is 1.22 bits per heavy atom. The molecule has 1 saturated carbocycles. The zero-order valence-corrected chi connectivity index (χ0v) is 10.9. The van der Waals surface area contributed by atoms with Gasteiger partial charge in [0.2, 0.25) is 5.95 Å². The van der Waals surface area contributed by atoms with Crippen LogP contribution in [0.3, 0.4) is 0 Å². The Bertz CT molecular complexity index is 366. The van der Waals surface area contributed by atoms with E-state index in [9.17, 15) is 0 Å². The zero-order valence-electron chi connectivity index (χ0n) is 10.9. The summed E-state index contributed by atoms with van der Waals surface area (Å²) < 4.78 is 0. The smallest absolute Gasteiger partial charge is 0.222 e. The van der Waals surface area contributed by atoms with Crippen molar-refractivity contribution in [1.82, 2.24) is 15.3 Å². The van der Waals surface area contributed by atoms with E-state index in [0.29, 0.717) is 0 Å². The summed E-state index contributed by atoms with van der Waals surface area (Å²) in [5.41, 5.74) is 1.31. The third kappa shape index (κ3) is 2.80. The van der Waals surface area contributed by atoms with E-state index in [1.54, 1.807) is 0 Å². The Morgan fingerprint density at radius 3 is 2.67 bits per heavy atom. The highest BCUT2D eigenvalue weighted by atomic mass is 15.1. The van der Waals surface area contributed by atoms with Gasteiger partial charge in [-0.1, -0.05) is 6.42 Å². The number of nitrogens with one attached hydrogen (secondary N) is 2. The molecule has 1 aliphatic heterocycles. The summed E-state index contributed by atoms with van der Waals surface area (Å²) >= 11 is 0. The maximum atomic E-state index is 4.41. The summed E-state index contributed by atoms with van der Waals surface area (Å²) in [7, 11) is 0. The van der Waals surface area contributed by atoms with E-state index in [1.165, 1.54) is 50.8 Å². The summed E-state index contributed by atoms with van der Waals surface area (Å²) in [5, 5.41) is 6.72. The number of rotatable bonds is 5. The molecule has 4 heteroatoms. The van der Waals surface area contributed by atoms with Crippen LogP contribution in [-0.2, 0) is 0 Å². The Hall–Kier alpha value is -1.16. The molecule has 2 fully saturated rings. The molecular formula is C14H22N4. The van der Waals surface area contributed by atoms with Gasteiger partial charge in [-0.2, -0.15) is 0 Å². The van der Waals surface area contributed by atoms with Gasteiger partial charge < -0.3 is 10.6 Å². The molecule has 0 aromatic carbocycles. The predicted octanol–water partition coefficient (Wildman–Crippen LogP) is 2.16. The molecule has 0 amide bonds. The fourth-order valence-corrected chi connectivity index (χ4v) is 2.73. The van der Waals surface area contributed by atoms with Crippen molar-refractivity contribution in [1.29, 1.82) is 0 Å². The van der Waals surface area contributed by atoms with Crippen molar-refractivity contribution in [2.75, 3.05) is 25.0 Å². The van der Waals surface area contributed by atoms with E-state index < -0.39 is 0 Å². The third-order valence-electron chi connectivity index (χ3n) is 4.25. The Kier molecular flexibility index (Phi) is 3.74. The lowest BCUT2D eigenvalue weighted by atomic mass is 9.81. The summed E-state index contributed by atoms with van der Waals surface area (Å²) in [6.07, 6.45) is 10.5. The molecule has 4 nitrogen and oxygen atoms in total. The maximum Gasteiger partial charge on any atom is 0.222 e. The van der Waals surface area contributed by atoms with Crippen LogP contribution in [0.5, 0.6) is 0 Å². The van der Waals surface area contributed by atoms with Gasteiger partial charge in [-0.3, -0.25) is 0 Å². The Morgan fingerprint density at radius 2 is 2.06 bits per heavy atom. The van der Waals surface area contributed by atoms with E-state index in [1.807, 2.05) is 12.4 Å². The quantitative estimate of drug-likeness (QED) is 0.836. The monoisotopic (exact) mass is 246 g/mol. The van der Waals surface area contributed by atoms with Gasteiger partial charge in [-0.15, -0.1) is 0 Å². The van der Waals surface area contributed by atoms with Gasteiger partial charge in [0.05, 0.1) is 0 Å². The molecule has 2 aliphatic rings. The normalized spacial score (nSPS) is 23.9. The van der Waals surface area contributed by atoms with E-state index in [2.05, 4.69) is 20.6 Å². The Labute approximate surface area is 109 Å². The minimum Gasteiger partial charge on any atom is -0.354 e. The van der Waals surface area contributed by atoms with Gasteiger partial charge in [0.25, 0.3) is 0 Å². The Balaban J connectivity index is 1.44. The standard InChI is InChI=1S/C14H22N4/c1-2-12(3-1)13-9-17-14(18-10-13)16-7-5-11-4-6-15-8-11/h9-12,15H,1-8H2,(H,16,17,18). The number of aromatic nitrogens is 2. The average molecular weight is 246 g/mol. The molecule has 0 spiro atoms. The van der Waals surface area contributed by atoms with Crippen LogP contribution in [0.4, 0.5) is 5.95 Å². The molecule has 3 rings (SSSR count). The topological polar surface area (TPSA) is 49.8 Å². The zero-order chi connectivity index (χ0) is 12.2. The molecule has 2 N–H and O–H groups in total. The van der Waals surface area contributed by atoms with Gasteiger partial charge in [0.1, 0.15) is 0 Å². The van der Waals surface area contributed by atoms with Crippen molar-refractivity contribution in [3.63, 3.8) is 0 Å². The molecule has 1 aromatic heterocycles. The van der Waals surface area contributed by atoms with Crippen LogP contribution in [0.1, 0.15) is 43.6 Å². The van der Waals surface area contributed by atoms with Gasteiger partial charge in [0, 0.05) is 18.9 Å². The molecule has 2 heterocycles. The highest BCUT2D eigenvalue weighted by Gasteiger charge is 2.20. The van der Waals surface area contributed by atoms with Crippen LogP contribution in [0.15, 0.2) is 12.4 Å². The van der Waals surface area contributed by atoms with E-state index in [0.717, 1.165) is 24.3 Å². The molecule has 98 valence electrons. The fourth-order valence-electron chi connectivity index (χ4n) is 2.73. The van der Waals surface area contributed by atoms with Crippen molar-refractivity contribution in [3.8, 4) is 0 Å². The summed E-state index contributed by atoms with van der Waals surface area (Å²) in [6.45, 7) is 3.33. The maximum absolute atomic E-state index is 4.41. The minimum absolute atomic E-state index is 0.726. The number of hydrogen-bond donors (Lipinski definition) is 2. The van der Waals surface area contributed by atoms with Gasteiger partial charge in [0.15, 0.2) is 0 Å². The molecular weight excluding hydrogens is 224 g/mol. The van der Waals surface area contributed by atoms with E-state index in [4.69, 9.17) is 0 Å². The largest absolute Gasteiger partial charge is 0.354 e. The van der Waals surface area contributed by atoms with Crippen molar-refractivity contribution >= 4 is 5.95 Å². The first-order valence-corrected chi connectivity index (χ1v) is 7.18. The number of nitrogens with zero attached hydrogens (tertiary/aromatic N) is 2. The van der Waals surface area contributed by atoms with Crippen molar-refractivity contribution in [3.05, 3.63) is 18.0 Å². The van der Waals surface area contributed by atoms with Crippen LogP contribution in [0.2, 0.25) is 0 Å². The van der Waals surface area contributed by atoms with Crippen molar-refractivity contribution in [2.24, 2.45) is 5.92 Å². The molecule has 1 saturated heterocycles. The van der Waals surface area contributed by atoms with Crippen molar-refractivity contribution < 1.29 is 0 Å². The van der Waals surface area contributed by atoms with Crippen LogP contribution in [0, 0.1) is 5.92 Å². The highest BCUT2D eigenvalue weighted by molar-refractivity contribution is 5.26. The van der Waals surface area contributed by atoms with Gasteiger partial charge >= 0.3 is 0 Å². The van der Waals surface area contributed by atoms with Crippen LogP contribution in [0.25, 0.3) is 0 Å². The lowest BCUT2D eigenvalue weighted by Crippen LogP contribution is -2.14. The minimum atomic E-state index is 0.726. The summed E-state index contributed by atoms with van der Waals surface area (Å²) in [5.74, 6) is 2.33. The molecule has 18 heavy (non-hydrogen) atoms. The van der Waals surface area contributed by atoms with Gasteiger partial charge in [-0.05, 0) is 56.2 Å². The molecule has 1 unspecified atom stereocenters. The molecule has 1 aliphatic carbocycles. The highest BCUT2D eigenvalue weighted by Crippen LogP contribution is 2.35. The molecule has 1 atom stereocenters. The van der Waals surface area contributed by atoms with Crippen molar-refractivity contribution in [2.45, 2.75) is 38.0 Å². The fraction of sp³-hybridized carbons (Fsp3) is 0.714. The van der Waals surface area contributed by atoms with Gasteiger partial charge in [-0.25, -0.2) is 9.97 Å². The number of anilines is 1. The molecule has 0 radical (unpaired) electrons. The second kappa shape index (κ2) is 5.65. The molecule has 1 aromatic rings. The van der Waals surface area contributed by atoms with E-state index >= 15 is 0 Å². The lowest BCUT2D eigenvalue weighted by molar-refractivity contribution is 0.418. The average Bonchev–Trinajstić information content (AvgIpc) is 2.82. The predicted molar refractivity (Wildman–Crippen MR) is 72.7 cm³/mol. The van der Waals surface area contributed by atoms with Crippen LogP contribution < -0.4 is 10.6 Å². The summed E-state index contributed by atoms with van der Waals surface area (Å²) in [4.78, 5) is 8.82.